The Bertz CT molecular complexity index is 3400. The Morgan fingerprint density at radius 1 is 0.607 bits per heavy atom. The molecule has 2 aliphatic rings. The first-order valence-corrected chi connectivity index (χ1v) is 28.4. The number of amides is 4. The van der Waals surface area contributed by atoms with Crippen LogP contribution in [0.2, 0.25) is 0 Å². The first-order valence-electron chi connectivity index (χ1n) is 28.4. The molecule has 2 aliphatic heterocycles. The molecule has 0 saturated carbocycles. The summed E-state index contributed by atoms with van der Waals surface area (Å²) >= 11 is 0. The second kappa shape index (κ2) is 26.3. The van der Waals surface area contributed by atoms with Crippen molar-refractivity contribution in [3.63, 3.8) is 0 Å². The van der Waals surface area contributed by atoms with E-state index in [0.717, 1.165) is 11.1 Å². The molecular weight excluding hydrogens is 1070 g/mol. The minimum atomic E-state index is -1.07. The molecule has 0 radical (unpaired) electrons. The highest BCUT2D eigenvalue weighted by molar-refractivity contribution is 6.03. The molecule has 0 unspecified atom stereocenters. The van der Waals surface area contributed by atoms with Gasteiger partial charge in [-0.15, -0.1) is 10.2 Å². The molecule has 8 rings (SSSR count). The number of fused-ring (bicyclic) bond motifs is 2. The Labute approximate surface area is 487 Å². The zero-order valence-corrected chi connectivity index (χ0v) is 49.2. The van der Waals surface area contributed by atoms with Crippen molar-refractivity contribution in [2.75, 3.05) is 37.0 Å². The highest BCUT2D eigenvalue weighted by Gasteiger charge is 2.45. The molecule has 0 aliphatic carbocycles. The minimum Gasteiger partial charge on any atom is -0.341 e. The highest BCUT2D eigenvalue weighted by atomic mass is 19.1. The largest absolute Gasteiger partial charge is 0.341 e. The van der Waals surface area contributed by atoms with E-state index in [1.165, 1.54) is 24.3 Å². The number of unbranched alkanes of at least 4 members (excludes halogenated alkanes) is 2. The molecule has 4 amide bonds. The molecule has 6 N–H and O–H groups in total. The van der Waals surface area contributed by atoms with Crippen LogP contribution in [0.1, 0.15) is 138 Å². The summed E-state index contributed by atoms with van der Waals surface area (Å²) in [5.41, 5.74) is 4.12. The maximum Gasteiger partial charge on any atom is 0.251 e. The second-order valence-corrected chi connectivity index (χ2v) is 23.2. The molecule has 20 nitrogen and oxygen atoms in total. The van der Waals surface area contributed by atoms with Crippen LogP contribution in [0.15, 0.2) is 82.6 Å². The molecule has 6 aromatic rings. The van der Waals surface area contributed by atoms with E-state index in [1.807, 2.05) is 27.7 Å². The standard InChI is InChI=1S/C62H74F2N14O6/c1-37(65-9)55(79)67-51(59(83)75-35-61(5,6)53-49(75)31-43(57(81)69-53)29-41-21-25-45(63)26-22-41)39(3)77-33-47(71-73-77)19-17-15-13-11-12-14-16-18-20-48-34-78(74-72-48)40(4)52(68-56(80)38(2)66-10)60(84)76-36-62(7,8)54-50(76)32-44(58(82)70-54)30-42-23-27-46(64)28-24-42/h21-28,31-34,37-40,51-52,65-66H,15-20,29-30,35-36H2,1-10H3,(H,67,79)(H,68,80)(H,69,81)(H,70,82)/t37-,38-,39-,40-,51-,52-/m0/s1. The smallest absolute Gasteiger partial charge is 0.251 e. The normalized spacial score (nSPS) is 16.0. The maximum atomic E-state index is 14.7. The van der Waals surface area contributed by atoms with Gasteiger partial charge in [0.15, 0.2) is 0 Å². The predicted molar refractivity (Wildman–Crippen MR) is 315 cm³/mol. The molecule has 4 aromatic heterocycles. The molecular formula is C62H74F2N14O6. The number of anilines is 2. The molecule has 6 heterocycles. The van der Waals surface area contributed by atoms with Crippen molar-refractivity contribution in [1.29, 1.82) is 0 Å². The van der Waals surface area contributed by atoms with Gasteiger partial charge in [-0.1, -0.05) is 74.2 Å². The summed E-state index contributed by atoms with van der Waals surface area (Å²) < 4.78 is 30.5. The van der Waals surface area contributed by atoms with Gasteiger partial charge in [-0.3, -0.25) is 28.8 Å². The quantitative estimate of drug-likeness (QED) is 0.0388. The summed E-state index contributed by atoms with van der Waals surface area (Å²) in [7, 11) is 3.31. The average molecular weight is 1150 g/mol. The van der Waals surface area contributed by atoms with Crippen LogP contribution in [0.5, 0.6) is 0 Å². The number of hydrogen-bond acceptors (Lipinski definition) is 12. The lowest BCUT2D eigenvalue weighted by molar-refractivity contribution is -0.129. The van der Waals surface area contributed by atoms with E-state index in [1.54, 1.807) is 110 Å². The van der Waals surface area contributed by atoms with E-state index in [4.69, 9.17) is 0 Å². The second-order valence-electron chi connectivity index (χ2n) is 23.2. The average Bonchev–Trinajstić information content (AvgIpc) is 1.85. The van der Waals surface area contributed by atoms with Gasteiger partial charge in [-0.25, -0.2) is 18.1 Å². The van der Waals surface area contributed by atoms with Gasteiger partial charge in [0.05, 0.1) is 46.9 Å². The van der Waals surface area contributed by atoms with Crippen LogP contribution < -0.4 is 42.2 Å². The number of aromatic amines is 2. The van der Waals surface area contributed by atoms with Crippen molar-refractivity contribution >= 4 is 35.0 Å². The van der Waals surface area contributed by atoms with Crippen LogP contribution in [0.3, 0.4) is 0 Å². The topological polar surface area (TPSA) is 250 Å². The Morgan fingerprint density at radius 2 is 0.976 bits per heavy atom. The molecule has 84 heavy (non-hydrogen) atoms. The Kier molecular flexibility index (Phi) is 19.3. The SMILES string of the molecule is CN[C@@H](C)C(=O)N[C@H](C(=O)N1CC(C)(C)c2[nH]c(=O)c(Cc3ccc(F)cc3)cc21)[C@H](C)n1cc(CCCC#CC#CCCCc2cn([C@@H](C)[C@H](NC(=O)[C@H](C)NC)C(=O)N3CC(C)(C)c4[nH]c(=O)c(Cc5ccc(F)cc5)cc43)nn2)nn1. The van der Waals surface area contributed by atoms with E-state index in [0.29, 0.717) is 83.8 Å². The van der Waals surface area contributed by atoms with Crippen molar-refractivity contribution in [2.24, 2.45) is 0 Å². The first-order chi connectivity index (χ1) is 40.0. The van der Waals surface area contributed by atoms with Crippen LogP contribution in [0, 0.1) is 35.3 Å². The number of H-pyrrole nitrogens is 2. The Hall–Kier alpha value is -8.60. The number of aromatic nitrogens is 8. The maximum absolute atomic E-state index is 14.7. The summed E-state index contributed by atoms with van der Waals surface area (Å²) in [6.07, 6.45) is 7.52. The summed E-state index contributed by atoms with van der Waals surface area (Å²) in [4.78, 5) is 92.2. The van der Waals surface area contributed by atoms with E-state index in [9.17, 15) is 37.5 Å². The van der Waals surface area contributed by atoms with Crippen LogP contribution in [-0.2, 0) is 55.7 Å². The third-order valence-corrected chi connectivity index (χ3v) is 15.8. The number of aryl methyl sites for hydroxylation is 2. The first kappa shape index (κ1) is 61.5. The fourth-order valence-electron chi connectivity index (χ4n) is 10.4. The number of pyridine rings is 2. The van der Waals surface area contributed by atoms with Crippen molar-refractivity contribution in [3.05, 3.63) is 150 Å². The van der Waals surface area contributed by atoms with E-state index >= 15 is 0 Å². The van der Waals surface area contributed by atoms with Gasteiger partial charge in [-0.2, -0.15) is 0 Å². The van der Waals surface area contributed by atoms with Gasteiger partial charge < -0.3 is 41.0 Å². The van der Waals surface area contributed by atoms with Crippen molar-refractivity contribution in [1.82, 2.24) is 61.2 Å². The van der Waals surface area contributed by atoms with Gasteiger partial charge in [0, 0.05) is 84.5 Å². The predicted octanol–water partition coefficient (Wildman–Crippen LogP) is 5.01. The minimum absolute atomic E-state index is 0.226. The number of benzene rings is 2. The molecule has 0 fully saturated rings. The molecule has 6 atom stereocenters. The Morgan fingerprint density at radius 3 is 1.33 bits per heavy atom. The van der Waals surface area contributed by atoms with Crippen molar-refractivity contribution in [3.8, 4) is 23.7 Å². The number of hydrogen-bond donors (Lipinski definition) is 6. The summed E-state index contributed by atoms with van der Waals surface area (Å²) in [6.45, 7) is 15.2. The van der Waals surface area contributed by atoms with Crippen LogP contribution >= 0.6 is 0 Å². The van der Waals surface area contributed by atoms with Gasteiger partial charge in [0.2, 0.25) is 11.8 Å². The number of carbonyl (C=O) groups excluding carboxylic acids is 4. The number of nitrogens with one attached hydrogen (secondary N) is 6. The van der Waals surface area contributed by atoms with Gasteiger partial charge >= 0.3 is 0 Å². The fourth-order valence-corrected chi connectivity index (χ4v) is 10.4. The number of likely N-dealkylation sites (N-methyl/N-ethyl adjacent to an activating group) is 2. The number of halogens is 2. The van der Waals surface area contributed by atoms with Crippen LogP contribution in [-0.4, -0.2) is 115 Å². The van der Waals surface area contributed by atoms with Crippen LogP contribution in [0.4, 0.5) is 20.2 Å². The lowest BCUT2D eigenvalue weighted by Gasteiger charge is -2.30. The van der Waals surface area contributed by atoms with Gasteiger partial charge in [0.25, 0.3) is 22.9 Å². The molecule has 0 bridgehead atoms. The number of rotatable bonds is 22. The lowest BCUT2D eigenvalue weighted by atomic mass is 9.91. The number of carbonyl (C=O) groups is 4. The van der Waals surface area contributed by atoms with E-state index in [-0.39, 0.29) is 72.3 Å². The number of nitrogens with zero attached hydrogens (tertiary/aromatic N) is 8. The highest BCUT2D eigenvalue weighted by Crippen LogP contribution is 2.41. The third kappa shape index (κ3) is 14.2. The van der Waals surface area contributed by atoms with Gasteiger partial charge in [-0.05, 0) is 127 Å². The van der Waals surface area contributed by atoms with E-state index < -0.39 is 47.1 Å². The lowest BCUT2D eigenvalue weighted by Crippen LogP contribution is -2.55. The summed E-state index contributed by atoms with van der Waals surface area (Å²) in [5, 5.41) is 29.3. The van der Waals surface area contributed by atoms with Gasteiger partial charge in [0.1, 0.15) is 23.7 Å². The monoisotopic (exact) mass is 1150 g/mol. The van der Waals surface area contributed by atoms with Crippen molar-refractivity contribution in [2.45, 2.75) is 154 Å². The molecule has 22 heteroatoms. The molecule has 0 spiro atoms. The van der Waals surface area contributed by atoms with E-state index in [2.05, 4.69) is 75.5 Å². The molecule has 2 aromatic carbocycles. The molecule has 0 saturated heterocycles. The van der Waals surface area contributed by atoms with Crippen LogP contribution in [0.25, 0.3) is 0 Å². The Balaban J connectivity index is 0.853. The zero-order chi connectivity index (χ0) is 60.6. The summed E-state index contributed by atoms with van der Waals surface area (Å²) in [6, 6.07) is 10.6. The zero-order valence-electron chi connectivity index (χ0n) is 49.2. The van der Waals surface area contributed by atoms with Crippen molar-refractivity contribution < 1.29 is 28.0 Å². The third-order valence-electron chi connectivity index (χ3n) is 15.8. The fraction of sp³-hybridized carbons (Fsp3) is 0.452. The molecule has 442 valence electrons. The summed E-state index contributed by atoms with van der Waals surface area (Å²) in [5.74, 6) is 9.76.